The van der Waals surface area contributed by atoms with Gasteiger partial charge in [0.05, 0.1) is 4.95 Å². The van der Waals surface area contributed by atoms with Gasteiger partial charge in [0.2, 0.25) is 11.6 Å². The van der Waals surface area contributed by atoms with Crippen LogP contribution in [0.15, 0.2) is 23.8 Å². The lowest BCUT2D eigenvalue weighted by atomic mass is 9.95. The molecule has 0 fully saturated rings. The Labute approximate surface area is 100 Å². The standard InChI is InChI=1S/C11H17N2O4/c1-14-10(15-2)6-5-9(8-13-12)7-11(10,16-3)17-4/h5-7H,12H2,1-4H3/q+1. The van der Waals surface area contributed by atoms with Gasteiger partial charge in [-0.15, -0.1) is 0 Å². The van der Waals surface area contributed by atoms with Crippen LogP contribution < -0.4 is 5.84 Å². The largest absolute Gasteiger partial charge is 0.356 e. The highest BCUT2D eigenvalue weighted by Crippen LogP contribution is 2.37. The van der Waals surface area contributed by atoms with E-state index in [2.05, 4.69) is 11.0 Å². The Kier molecular flexibility index (Phi) is 4.26. The molecule has 0 spiro atoms. The third-order valence-electron chi connectivity index (χ3n) is 2.72. The van der Waals surface area contributed by atoms with Gasteiger partial charge in [0, 0.05) is 34.5 Å². The van der Waals surface area contributed by atoms with Gasteiger partial charge in [-0.2, -0.15) is 0 Å². The molecule has 1 aliphatic rings. The van der Waals surface area contributed by atoms with Crippen molar-refractivity contribution in [3.8, 4) is 6.07 Å². The molecule has 6 heteroatoms. The van der Waals surface area contributed by atoms with E-state index in [0.717, 1.165) is 0 Å². The molecule has 0 unspecified atom stereocenters. The Morgan fingerprint density at radius 2 is 1.59 bits per heavy atom. The molecule has 94 valence electrons. The smallest absolute Gasteiger partial charge is 0.345 e. The molecule has 0 aromatic carbocycles. The van der Waals surface area contributed by atoms with E-state index in [1.165, 1.54) is 28.4 Å². The highest BCUT2D eigenvalue weighted by Gasteiger charge is 2.54. The summed E-state index contributed by atoms with van der Waals surface area (Å²) in [5.41, 5.74) is 0.612. The fraction of sp³-hybridized carbons (Fsp3) is 0.545. The van der Waals surface area contributed by atoms with Crippen LogP contribution in [-0.4, -0.2) is 40.0 Å². The minimum atomic E-state index is -1.22. The van der Waals surface area contributed by atoms with Crippen LogP contribution in [0.3, 0.4) is 0 Å². The molecule has 0 aromatic rings. The van der Waals surface area contributed by atoms with Crippen LogP contribution in [0.25, 0.3) is 4.95 Å². The lowest BCUT2D eigenvalue weighted by Gasteiger charge is -2.43. The molecule has 1 rings (SSSR count). The second-order valence-corrected chi connectivity index (χ2v) is 3.33. The lowest BCUT2D eigenvalue weighted by molar-refractivity contribution is -0.345. The molecule has 2 N–H and O–H groups in total. The summed E-state index contributed by atoms with van der Waals surface area (Å²) in [6.07, 6.45) is 5.00. The zero-order valence-electron chi connectivity index (χ0n) is 10.4. The van der Waals surface area contributed by atoms with E-state index < -0.39 is 11.6 Å². The van der Waals surface area contributed by atoms with Gasteiger partial charge in [-0.1, -0.05) is 5.84 Å². The van der Waals surface area contributed by atoms with E-state index in [1.807, 2.05) is 0 Å². The van der Waals surface area contributed by atoms with Gasteiger partial charge in [-0.3, -0.25) is 0 Å². The summed E-state index contributed by atoms with van der Waals surface area (Å²) < 4.78 is 21.5. The molecule has 6 nitrogen and oxygen atoms in total. The van der Waals surface area contributed by atoms with Gasteiger partial charge < -0.3 is 18.9 Å². The van der Waals surface area contributed by atoms with Gasteiger partial charge in [-0.05, 0) is 12.2 Å². The van der Waals surface area contributed by atoms with Gasteiger partial charge >= 0.3 is 6.07 Å². The summed E-state index contributed by atoms with van der Waals surface area (Å²) in [5, 5.41) is 0. The molecule has 0 bridgehead atoms. The fourth-order valence-electron chi connectivity index (χ4n) is 1.80. The van der Waals surface area contributed by atoms with Crippen molar-refractivity contribution in [1.29, 1.82) is 0 Å². The first-order valence-corrected chi connectivity index (χ1v) is 4.92. The number of nitrogens with zero attached hydrogens (tertiary/aromatic N) is 1. The maximum Gasteiger partial charge on any atom is 0.356 e. The lowest BCUT2D eigenvalue weighted by Crippen LogP contribution is -2.58. The molecule has 0 heterocycles. The van der Waals surface area contributed by atoms with Gasteiger partial charge in [-0.25, -0.2) is 0 Å². The van der Waals surface area contributed by atoms with Crippen LogP contribution in [0, 0.1) is 6.07 Å². The summed E-state index contributed by atoms with van der Waals surface area (Å²) in [6.45, 7) is 0. The van der Waals surface area contributed by atoms with E-state index in [-0.39, 0.29) is 0 Å². The van der Waals surface area contributed by atoms with Crippen molar-refractivity contribution < 1.29 is 18.9 Å². The molecule has 0 aromatic heterocycles. The molecule has 1 aliphatic carbocycles. The topological polar surface area (TPSA) is 67.3 Å². The van der Waals surface area contributed by atoms with E-state index in [4.69, 9.17) is 24.8 Å². The number of allylic oxidation sites excluding steroid dienone is 2. The zero-order valence-corrected chi connectivity index (χ0v) is 10.4. The highest BCUT2D eigenvalue weighted by molar-refractivity contribution is 5.43. The zero-order chi connectivity index (χ0) is 12.9. The Balaban J connectivity index is 3.29. The van der Waals surface area contributed by atoms with Crippen LogP contribution >= 0.6 is 0 Å². The summed E-state index contributed by atoms with van der Waals surface area (Å²) in [4.78, 5) is 3.33. The van der Waals surface area contributed by atoms with Crippen LogP contribution in [-0.2, 0) is 18.9 Å². The Morgan fingerprint density at radius 3 is 2.00 bits per heavy atom. The number of nitrogens with two attached hydrogens (primary N) is 1. The third kappa shape index (κ3) is 2.06. The van der Waals surface area contributed by atoms with Gasteiger partial charge in [0.25, 0.3) is 0 Å². The Hall–Kier alpha value is -1.39. The average Bonchev–Trinajstić information content (AvgIpc) is 2.39. The van der Waals surface area contributed by atoms with Crippen molar-refractivity contribution in [3.63, 3.8) is 0 Å². The molecular formula is C11H17N2O4+. The van der Waals surface area contributed by atoms with Crippen molar-refractivity contribution in [2.75, 3.05) is 28.4 Å². The number of ether oxygens (including phenoxy) is 4. The second-order valence-electron chi connectivity index (χ2n) is 3.33. The SMILES string of the molecule is COC1(OC)C=CC(C#[N+]N)=CC1(OC)OC. The molecular weight excluding hydrogens is 224 g/mol. The molecule has 0 atom stereocenters. The quantitative estimate of drug-likeness (QED) is 0.445. The number of methoxy groups -OCH3 is 4. The number of rotatable bonds is 4. The summed E-state index contributed by atoms with van der Waals surface area (Å²) >= 11 is 0. The number of hydrogen-bond acceptors (Lipinski definition) is 5. The number of hydrogen-bond donors (Lipinski definition) is 1. The summed E-state index contributed by atoms with van der Waals surface area (Å²) in [7, 11) is 5.98. The van der Waals surface area contributed by atoms with Crippen LogP contribution in [0.4, 0.5) is 0 Å². The predicted octanol–water partition coefficient (Wildman–Crippen LogP) is 0.667. The van der Waals surface area contributed by atoms with Crippen molar-refractivity contribution in [1.82, 2.24) is 0 Å². The molecule has 17 heavy (non-hydrogen) atoms. The third-order valence-corrected chi connectivity index (χ3v) is 2.72. The minimum Gasteiger partial charge on any atom is -0.345 e. The van der Waals surface area contributed by atoms with Crippen molar-refractivity contribution >= 4 is 0 Å². The van der Waals surface area contributed by atoms with Gasteiger partial charge in [0.1, 0.15) is 5.57 Å². The predicted molar refractivity (Wildman–Crippen MR) is 62.2 cm³/mol. The van der Waals surface area contributed by atoms with E-state index >= 15 is 0 Å². The van der Waals surface area contributed by atoms with Crippen LogP contribution in [0.5, 0.6) is 0 Å². The molecule has 0 radical (unpaired) electrons. The normalized spacial score (nSPS) is 20.4. The van der Waals surface area contributed by atoms with E-state index in [9.17, 15) is 0 Å². The average molecular weight is 241 g/mol. The molecule has 0 amide bonds. The van der Waals surface area contributed by atoms with Gasteiger partial charge in [0.15, 0.2) is 0 Å². The van der Waals surface area contributed by atoms with Crippen molar-refractivity contribution in [2.24, 2.45) is 5.84 Å². The second kappa shape index (κ2) is 5.29. The first-order chi connectivity index (χ1) is 8.13. The van der Waals surface area contributed by atoms with E-state index in [1.54, 1.807) is 18.2 Å². The maximum atomic E-state index is 5.38. The maximum absolute atomic E-state index is 5.38. The van der Waals surface area contributed by atoms with Crippen LogP contribution in [0.1, 0.15) is 0 Å². The molecule has 0 saturated heterocycles. The monoisotopic (exact) mass is 241 g/mol. The highest BCUT2D eigenvalue weighted by atomic mass is 16.8. The van der Waals surface area contributed by atoms with Crippen LogP contribution in [0.2, 0.25) is 0 Å². The van der Waals surface area contributed by atoms with Crippen molar-refractivity contribution in [2.45, 2.75) is 11.6 Å². The van der Waals surface area contributed by atoms with E-state index in [0.29, 0.717) is 5.57 Å². The minimum absolute atomic E-state index is 0.612. The Morgan fingerprint density at radius 1 is 1.06 bits per heavy atom. The fourth-order valence-corrected chi connectivity index (χ4v) is 1.80. The first kappa shape index (κ1) is 13.7. The molecule has 0 aliphatic heterocycles. The summed E-state index contributed by atoms with van der Waals surface area (Å²) in [6, 6.07) is 2.60. The van der Waals surface area contributed by atoms with Crippen molar-refractivity contribution in [3.05, 3.63) is 28.8 Å². The first-order valence-electron chi connectivity index (χ1n) is 4.92. The Bertz CT molecular complexity index is 384. The molecule has 0 saturated carbocycles. The summed E-state index contributed by atoms with van der Waals surface area (Å²) in [5.74, 6) is 2.66.